The SMILES string of the molecule is COc1cc(C(=O)O)cc(-c2cccc(F)c2F)c1. The summed E-state index contributed by atoms with van der Waals surface area (Å²) in [5.41, 5.74) is 0.174. The molecule has 0 spiro atoms. The maximum atomic E-state index is 13.7. The third kappa shape index (κ3) is 2.54. The van der Waals surface area contributed by atoms with Crippen LogP contribution < -0.4 is 4.74 Å². The van der Waals surface area contributed by atoms with E-state index in [4.69, 9.17) is 9.84 Å². The Kier molecular flexibility index (Phi) is 3.46. The molecule has 5 heteroatoms. The molecule has 0 heterocycles. The molecule has 0 saturated carbocycles. The van der Waals surface area contributed by atoms with Crippen molar-refractivity contribution in [1.29, 1.82) is 0 Å². The van der Waals surface area contributed by atoms with E-state index in [9.17, 15) is 13.6 Å². The zero-order valence-corrected chi connectivity index (χ0v) is 9.98. The molecule has 0 aliphatic rings. The molecule has 0 fully saturated rings. The van der Waals surface area contributed by atoms with E-state index in [-0.39, 0.29) is 22.4 Å². The first-order valence-corrected chi connectivity index (χ1v) is 5.39. The van der Waals surface area contributed by atoms with Crippen molar-refractivity contribution in [2.45, 2.75) is 0 Å². The summed E-state index contributed by atoms with van der Waals surface area (Å²) in [5, 5.41) is 8.98. The van der Waals surface area contributed by atoms with Crippen LogP contribution in [0.25, 0.3) is 11.1 Å². The fourth-order valence-corrected chi connectivity index (χ4v) is 1.72. The molecular formula is C14H10F2O3. The minimum absolute atomic E-state index is 0.0126. The highest BCUT2D eigenvalue weighted by molar-refractivity contribution is 5.90. The Morgan fingerprint density at radius 3 is 2.58 bits per heavy atom. The molecule has 0 unspecified atom stereocenters. The minimum atomic E-state index is -1.17. The van der Waals surface area contributed by atoms with Crippen molar-refractivity contribution < 1.29 is 23.4 Å². The monoisotopic (exact) mass is 264 g/mol. The molecule has 0 aliphatic heterocycles. The summed E-state index contributed by atoms with van der Waals surface area (Å²) in [6, 6.07) is 7.75. The van der Waals surface area contributed by atoms with Crippen molar-refractivity contribution in [1.82, 2.24) is 0 Å². The van der Waals surface area contributed by atoms with E-state index in [1.54, 1.807) is 0 Å². The van der Waals surface area contributed by atoms with Gasteiger partial charge in [-0.15, -0.1) is 0 Å². The number of hydrogen-bond donors (Lipinski definition) is 1. The van der Waals surface area contributed by atoms with Crippen molar-refractivity contribution in [3.63, 3.8) is 0 Å². The fourth-order valence-electron chi connectivity index (χ4n) is 1.72. The van der Waals surface area contributed by atoms with Gasteiger partial charge in [-0.05, 0) is 29.8 Å². The standard InChI is InChI=1S/C14H10F2O3/c1-19-10-6-8(5-9(7-10)14(17)18)11-3-2-4-12(15)13(11)16/h2-7H,1H3,(H,17,18). The largest absolute Gasteiger partial charge is 0.497 e. The Bertz CT molecular complexity index is 639. The van der Waals surface area contributed by atoms with Crippen LogP contribution >= 0.6 is 0 Å². The molecule has 19 heavy (non-hydrogen) atoms. The smallest absolute Gasteiger partial charge is 0.335 e. The highest BCUT2D eigenvalue weighted by Gasteiger charge is 2.13. The lowest BCUT2D eigenvalue weighted by molar-refractivity contribution is 0.0696. The summed E-state index contributed by atoms with van der Waals surface area (Å²) < 4.78 is 31.8. The van der Waals surface area contributed by atoms with Crippen LogP contribution in [-0.4, -0.2) is 18.2 Å². The predicted molar refractivity (Wildman–Crippen MR) is 65.3 cm³/mol. The van der Waals surface area contributed by atoms with Gasteiger partial charge in [-0.25, -0.2) is 13.6 Å². The van der Waals surface area contributed by atoms with E-state index < -0.39 is 17.6 Å². The average Bonchev–Trinajstić information content (AvgIpc) is 2.41. The lowest BCUT2D eigenvalue weighted by Crippen LogP contribution is -1.99. The first-order valence-electron chi connectivity index (χ1n) is 5.39. The highest BCUT2D eigenvalue weighted by atomic mass is 19.2. The number of aromatic carboxylic acids is 1. The number of carboxylic acids is 1. The summed E-state index contributed by atoms with van der Waals surface area (Å²) in [4.78, 5) is 11.0. The Morgan fingerprint density at radius 1 is 1.21 bits per heavy atom. The van der Waals surface area contributed by atoms with E-state index in [1.807, 2.05) is 0 Å². The first-order chi connectivity index (χ1) is 9.02. The zero-order valence-electron chi connectivity index (χ0n) is 9.98. The normalized spacial score (nSPS) is 10.3. The predicted octanol–water partition coefficient (Wildman–Crippen LogP) is 3.34. The molecule has 98 valence electrons. The lowest BCUT2D eigenvalue weighted by Gasteiger charge is -2.08. The molecule has 0 aromatic heterocycles. The maximum Gasteiger partial charge on any atom is 0.335 e. The van der Waals surface area contributed by atoms with Crippen molar-refractivity contribution in [2.24, 2.45) is 0 Å². The van der Waals surface area contributed by atoms with E-state index in [0.29, 0.717) is 0 Å². The summed E-state index contributed by atoms with van der Waals surface area (Å²) in [7, 11) is 1.37. The second-order valence-electron chi connectivity index (χ2n) is 3.86. The number of ether oxygens (including phenoxy) is 1. The van der Waals surface area contributed by atoms with Gasteiger partial charge in [-0.2, -0.15) is 0 Å². The van der Waals surface area contributed by atoms with E-state index in [1.165, 1.54) is 37.4 Å². The molecule has 0 radical (unpaired) electrons. The van der Waals surface area contributed by atoms with Crippen LogP contribution in [0.4, 0.5) is 8.78 Å². The Balaban J connectivity index is 2.64. The van der Waals surface area contributed by atoms with Gasteiger partial charge in [0.25, 0.3) is 0 Å². The Morgan fingerprint density at radius 2 is 1.95 bits per heavy atom. The molecule has 2 aromatic rings. The van der Waals surface area contributed by atoms with Crippen LogP contribution in [0.5, 0.6) is 5.75 Å². The van der Waals surface area contributed by atoms with Crippen LogP contribution in [-0.2, 0) is 0 Å². The number of benzene rings is 2. The van der Waals surface area contributed by atoms with Gasteiger partial charge < -0.3 is 9.84 Å². The summed E-state index contributed by atoms with van der Waals surface area (Å²) in [6.45, 7) is 0. The first kappa shape index (κ1) is 13.0. The number of halogens is 2. The molecule has 1 N–H and O–H groups in total. The van der Waals surface area contributed by atoms with E-state index >= 15 is 0 Å². The van der Waals surface area contributed by atoms with Crippen LogP contribution in [0.2, 0.25) is 0 Å². The topological polar surface area (TPSA) is 46.5 Å². The second-order valence-corrected chi connectivity index (χ2v) is 3.86. The fraction of sp³-hybridized carbons (Fsp3) is 0.0714. The maximum absolute atomic E-state index is 13.7. The van der Waals surface area contributed by atoms with Gasteiger partial charge in [0.15, 0.2) is 11.6 Å². The van der Waals surface area contributed by atoms with Gasteiger partial charge in [-0.1, -0.05) is 12.1 Å². The Labute approximate surface area is 108 Å². The molecule has 2 rings (SSSR count). The van der Waals surface area contributed by atoms with Crippen LogP contribution in [0.3, 0.4) is 0 Å². The number of carbonyl (C=O) groups is 1. The molecule has 0 saturated heterocycles. The number of carboxylic acid groups (broad SMARTS) is 1. The number of rotatable bonds is 3. The van der Waals surface area contributed by atoms with Crippen LogP contribution in [0.1, 0.15) is 10.4 Å². The molecule has 3 nitrogen and oxygen atoms in total. The third-order valence-corrected chi connectivity index (χ3v) is 2.65. The van der Waals surface area contributed by atoms with Gasteiger partial charge in [0.2, 0.25) is 0 Å². The van der Waals surface area contributed by atoms with Crippen molar-refractivity contribution in [2.75, 3.05) is 7.11 Å². The average molecular weight is 264 g/mol. The molecule has 0 amide bonds. The van der Waals surface area contributed by atoms with E-state index in [0.717, 1.165) is 6.07 Å². The zero-order chi connectivity index (χ0) is 14.0. The number of hydrogen-bond acceptors (Lipinski definition) is 2. The molecule has 0 atom stereocenters. The number of methoxy groups -OCH3 is 1. The summed E-state index contributed by atoms with van der Waals surface area (Å²) in [6.07, 6.45) is 0. The van der Waals surface area contributed by atoms with Crippen molar-refractivity contribution >= 4 is 5.97 Å². The van der Waals surface area contributed by atoms with Gasteiger partial charge in [0.1, 0.15) is 5.75 Å². The van der Waals surface area contributed by atoms with Crippen LogP contribution in [0.15, 0.2) is 36.4 Å². The van der Waals surface area contributed by atoms with Crippen molar-refractivity contribution in [3.8, 4) is 16.9 Å². The van der Waals surface area contributed by atoms with E-state index in [2.05, 4.69) is 0 Å². The van der Waals surface area contributed by atoms with Crippen molar-refractivity contribution in [3.05, 3.63) is 53.6 Å². The third-order valence-electron chi connectivity index (χ3n) is 2.65. The quantitative estimate of drug-likeness (QED) is 0.924. The molecule has 0 bridgehead atoms. The molecule has 2 aromatic carbocycles. The van der Waals surface area contributed by atoms with Gasteiger partial charge in [0, 0.05) is 5.56 Å². The minimum Gasteiger partial charge on any atom is -0.497 e. The van der Waals surface area contributed by atoms with Gasteiger partial charge >= 0.3 is 5.97 Å². The summed E-state index contributed by atoms with van der Waals surface area (Å²) >= 11 is 0. The van der Waals surface area contributed by atoms with Crippen LogP contribution in [0, 0.1) is 11.6 Å². The Hall–Kier alpha value is -2.43. The molecular weight excluding hydrogens is 254 g/mol. The summed E-state index contributed by atoms with van der Waals surface area (Å²) in [5.74, 6) is -2.92. The van der Waals surface area contributed by atoms with Gasteiger partial charge in [0.05, 0.1) is 12.7 Å². The second kappa shape index (κ2) is 5.06. The molecule has 0 aliphatic carbocycles. The highest BCUT2D eigenvalue weighted by Crippen LogP contribution is 2.29. The lowest BCUT2D eigenvalue weighted by atomic mass is 10.0. The van der Waals surface area contributed by atoms with Gasteiger partial charge in [-0.3, -0.25) is 0 Å².